The molecule has 6 heteroatoms. The van der Waals surface area contributed by atoms with Gasteiger partial charge in [0.2, 0.25) is 0 Å². The average molecular weight is 388 g/mol. The van der Waals surface area contributed by atoms with Crippen LogP contribution in [0.4, 0.5) is 0 Å². The van der Waals surface area contributed by atoms with Crippen molar-refractivity contribution in [3.05, 3.63) is 69.1 Å². The van der Waals surface area contributed by atoms with Crippen molar-refractivity contribution in [2.45, 2.75) is 19.3 Å². The molecule has 3 aromatic rings. The second-order valence-corrected chi connectivity index (χ2v) is 7.63. The number of aryl methyl sites for hydroxylation is 1. The zero-order valence-electron chi connectivity index (χ0n) is 14.4. The molecule has 1 N–H and O–H groups in total. The number of halogens is 1. The molecule has 0 saturated carbocycles. The number of hydrogen-bond acceptors (Lipinski definition) is 4. The molecule has 1 heterocycles. The van der Waals surface area contributed by atoms with Gasteiger partial charge in [0.25, 0.3) is 0 Å². The number of ether oxygens (including phenoxy) is 1. The van der Waals surface area contributed by atoms with Gasteiger partial charge in [0.1, 0.15) is 10.8 Å². The zero-order chi connectivity index (χ0) is 18.7. The van der Waals surface area contributed by atoms with Crippen LogP contribution in [0.5, 0.6) is 5.75 Å². The van der Waals surface area contributed by atoms with Gasteiger partial charge in [-0.05, 0) is 36.2 Å². The minimum Gasteiger partial charge on any atom is -0.496 e. The molecule has 0 aliphatic carbocycles. The van der Waals surface area contributed by atoms with Crippen molar-refractivity contribution in [1.82, 2.24) is 4.98 Å². The van der Waals surface area contributed by atoms with Crippen LogP contribution in [0.15, 0.2) is 48.7 Å². The molecule has 1 unspecified atom stereocenters. The Labute approximate surface area is 161 Å². The Morgan fingerprint density at radius 3 is 2.77 bits per heavy atom. The molecule has 0 bridgehead atoms. The highest BCUT2D eigenvalue weighted by Gasteiger charge is 2.21. The smallest absolute Gasteiger partial charge is 0.304 e. The predicted octanol–water partition coefficient (Wildman–Crippen LogP) is 5.39. The summed E-state index contributed by atoms with van der Waals surface area (Å²) in [6.45, 7) is 1.96. The highest BCUT2D eigenvalue weighted by Crippen LogP contribution is 2.36. The van der Waals surface area contributed by atoms with Gasteiger partial charge in [-0.1, -0.05) is 35.9 Å². The molecule has 0 spiro atoms. The Bertz CT molecular complexity index is 938. The highest BCUT2D eigenvalue weighted by atomic mass is 35.5. The molecule has 0 saturated heterocycles. The van der Waals surface area contributed by atoms with Crippen molar-refractivity contribution in [3.63, 3.8) is 0 Å². The molecule has 4 nitrogen and oxygen atoms in total. The van der Waals surface area contributed by atoms with Gasteiger partial charge in [-0.2, -0.15) is 0 Å². The van der Waals surface area contributed by atoms with Crippen molar-refractivity contribution >= 4 is 28.9 Å². The van der Waals surface area contributed by atoms with Crippen LogP contribution in [0, 0.1) is 6.92 Å². The fraction of sp³-hybridized carbons (Fsp3) is 0.200. The Balaban J connectivity index is 2.07. The van der Waals surface area contributed by atoms with Crippen LogP contribution in [-0.4, -0.2) is 23.2 Å². The number of carbonyl (C=O) groups is 1. The van der Waals surface area contributed by atoms with Gasteiger partial charge in [0, 0.05) is 27.6 Å². The topological polar surface area (TPSA) is 59.4 Å². The van der Waals surface area contributed by atoms with Crippen LogP contribution in [0.2, 0.25) is 5.02 Å². The van der Waals surface area contributed by atoms with E-state index in [2.05, 4.69) is 4.98 Å². The summed E-state index contributed by atoms with van der Waals surface area (Å²) in [4.78, 5) is 16.9. The van der Waals surface area contributed by atoms with E-state index in [1.54, 1.807) is 19.4 Å². The number of carboxylic acids is 1. The third-order valence-corrected chi connectivity index (χ3v) is 5.34. The fourth-order valence-electron chi connectivity index (χ4n) is 2.88. The van der Waals surface area contributed by atoms with Crippen LogP contribution in [0.1, 0.15) is 27.8 Å². The number of hydrogen-bond donors (Lipinski definition) is 1. The fourth-order valence-corrected chi connectivity index (χ4v) is 3.96. The van der Waals surface area contributed by atoms with Gasteiger partial charge < -0.3 is 9.84 Å². The monoisotopic (exact) mass is 387 g/mol. The maximum atomic E-state index is 11.4. The van der Waals surface area contributed by atoms with Crippen LogP contribution in [0.3, 0.4) is 0 Å². The largest absolute Gasteiger partial charge is 0.496 e. The quantitative estimate of drug-likeness (QED) is 0.616. The summed E-state index contributed by atoms with van der Waals surface area (Å²) in [5, 5.41) is 10.8. The number of carboxylic acid groups (broad SMARTS) is 1. The molecule has 0 aliphatic rings. The first-order valence-corrected chi connectivity index (χ1v) is 9.25. The standard InChI is InChI=1S/C20H18ClNO3S/c1-12-11-22-20(26-12)17(10-19(23)24)14-5-3-4-13(8-14)16-9-15(21)6-7-18(16)25-2/h3-9,11,17H,10H2,1-2H3,(H,23,24). The summed E-state index contributed by atoms with van der Waals surface area (Å²) >= 11 is 7.68. The molecule has 2 aromatic carbocycles. The van der Waals surface area contributed by atoms with Crippen LogP contribution in [-0.2, 0) is 4.79 Å². The van der Waals surface area contributed by atoms with E-state index >= 15 is 0 Å². The molecule has 1 atom stereocenters. The molecular formula is C20H18ClNO3S. The predicted molar refractivity (Wildman–Crippen MR) is 104 cm³/mol. The summed E-state index contributed by atoms with van der Waals surface area (Å²) in [5.74, 6) is -0.434. The van der Waals surface area contributed by atoms with Crippen LogP contribution < -0.4 is 4.74 Å². The normalized spacial score (nSPS) is 12.0. The number of thiazole rings is 1. The molecule has 0 aliphatic heterocycles. The molecule has 1 aromatic heterocycles. The van der Waals surface area contributed by atoms with E-state index in [0.29, 0.717) is 10.8 Å². The number of aromatic nitrogens is 1. The minimum atomic E-state index is -0.853. The molecule has 134 valence electrons. The van der Waals surface area contributed by atoms with Crippen molar-refractivity contribution in [3.8, 4) is 16.9 Å². The lowest BCUT2D eigenvalue weighted by molar-refractivity contribution is -0.137. The second kappa shape index (κ2) is 7.89. The zero-order valence-corrected chi connectivity index (χ0v) is 16.0. The van der Waals surface area contributed by atoms with E-state index < -0.39 is 5.97 Å². The van der Waals surface area contributed by atoms with E-state index in [1.165, 1.54) is 11.3 Å². The van der Waals surface area contributed by atoms with Gasteiger partial charge in [0.05, 0.1) is 13.5 Å². The van der Waals surface area contributed by atoms with Crippen molar-refractivity contribution in [2.75, 3.05) is 7.11 Å². The Morgan fingerprint density at radius 1 is 1.31 bits per heavy atom. The van der Waals surface area contributed by atoms with Gasteiger partial charge in [-0.15, -0.1) is 11.3 Å². The first-order valence-electron chi connectivity index (χ1n) is 8.06. The lowest BCUT2D eigenvalue weighted by atomic mass is 9.93. The summed E-state index contributed by atoms with van der Waals surface area (Å²) in [6.07, 6.45) is 1.77. The van der Waals surface area contributed by atoms with E-state index in [9.17, 15) is 9.90 Å². The van der Waals surface area contributed by atoms with Crippen molar-refractivity contribution in [2.24, 2.45) is 0 Å². The first-order chi connectivity index (χ1) is 12.5. The Kier molecular flexibility index (Phi) is 5.59. The molecular weight excluding hydrogens is 370 g/mol. The molecule has 3 rings (SSSR count). The number of nitrogens with zero attached hydrogens (tertiary/aromatic N) is 1. The van der Waals surface area contributed by atoms with E-state index in [4.69, 9.17) is 16.3 Å². The maximum Gasteiger partial charge on any atom is 0.304 e. The van der Waals surface area contributed by atoms with E-state index in [1.807, 2.05) is 43.3 Å². The number of methoxy groups -OCH3 is 1. The van der Waals surface area contributed by atoms with Gasteiger partial charge in [-0.25, -0.2) is 4.98 Å². The van der Waals surface area contributed by atoms with Crippen molar-refractivity contribution < 1.29 is 14.6 Å². The Hall–Kier alpha value is -2.37. The van der Waals surface area contributed by atoms with Crippen LogP contribution in [0.25, 0.3) is 11.1 Å². The molecule has 0 radical (unpaired) electrons. The van der Waals surface area contributed by atoms with Gasteiger partial charge >= 0.3 is 5.97 Å². The molecule has 26 heavy (non-hydrogen) atoms. The summed E-state index contributed by atoms with van der Waals surface area (Å²) < 4.78 is 5.44. The lowest BCUT2D eigenvalue weighted by Crippen LogP contribution is -2.08. The molecule has 0 fully saturated rings. The lowest BCUT2D eigenvalue weighted by Gasteiger charge is -2.15. The number of aliphatic carboxylic acids is 1. The summed E-state index contributed by atoms with van der Waals surface area (Å²) in [5.41, 5.74) is 2.69. The number of rotatable bonds is 6. The van der Waals surface area contributed by atoms with Crippen LogP contribution >= 0.6 is 22.9 Å². The number of benzene rings is 2. The third kappa shape index (κ3) is 4.06. The third-order valence-electron chi connectivity index (χ3n) is 4.08. The Morgan fingerprint density at radius 2 is 2.12 bits per heavy atom. The van der Waals surface area contributed by atoms with E-state index in [0.717, 1.165) is 26.6 Å². The maximum absolute atomic E-state index is 11.4. The highest BCUT2D eigenvalue weighted by molar-refractivity contribution is 7.11. The molecule has 0 amide bonds. The van der Waals surface area contributed by atoms with Gasteiger partial charge in [-0.3, -0.25) is 4.79 Å². The van der Waals surface area contributed by atoms with E-state index in [-0.39, 0.29) is 12.3 Å². The summed E-state index contributed by atoms with van der Waals surface area (Å²) in [6, 6.07) is 13.2. The van der Waals surface area contributed by atoms with Gasteiger partial charge in [0.15, 0.2) is 0 Å². The minimum absolute atomic E-state index is 0.0108. The first kappa shape index (κ1) is 18.4. The summed E-state index contributed by atoms with van der Waals surface area (Å²) in [7, 11) is 1.61. The average Bonchev–Trinajstić information content (AvgIpc) is 3.05. The van der Waals surface area contributed by atoms with Crippen molar-refractivity contribution in [1.29, 1.82) is 0 Å². The second-order valence-electron chi connectivity index (χ2n) is 5.93. The SMILES string of the molecule is COc1ccc(Cl)cc1-c1cccc(C(CC(=O)O)c2ncc(C)s2)c1.